The Kier molecular flexibility index (Phi) is 8.51. The molecular weight excluding hydrogens is 435 g/mol. The molecule has 2 rings (SSSR count). The molecule has 0 aliphatic carbocycles. The second-order valence-electron chi connectivity index (χ2n) is 6.90. The number of rotatable bonds is 9. The van der Waals surface area contributed by atoms with Crippen molar-refractivity contribution in [1.82, 2.24) is 9.55 Å². The molecule has 0 saturated heterocycles. The first-order valence-corrected chi connectivity index (χ1v) is 10.5. The molecule has 0 spiro atoms. The highest BCUT2D eigenvalue weighted by Gasteiger charge is 2.24. The Bertz CT molecular complexity index is 1020. The first-order valence-electron chi connectivity index (χ1n) is 9.15. The number of carbonyl (C=O) groups is 1. The summed E-state index contributed by atoms with van der Waals surface area (Å²) in [5.41, 5.74) is 4.64. The number of methoxy groups -OCH3 is 1. The highest BCUT2D eigenvalue weighted by atomic mass is 35.5. The summed E-state index contributed by atoms with van der Waals surface area (Å²) < 4.78 is 19.6. The average molecular weight is 459 g/mol. The lowest BCUT2D eigenvalue weighted by atomic mass is 10.2. The van der Waals surface area contributed by atoms with E-state index in [4.69, 9.17) is 22.1 Å². The molecule has 1 heterocycles. The molecule has 11 heteroatoms. The zero-order valence-electron chi connectivity index (χ0n) is 16.9. The summed E-state index contributed by atoms with van der Waals surface area (Å²) in [6, 6.07) is 4.13. The number of amides is 1. The van der Waals surface area contributed by atoms with E-state index in [0.717, 1.165) is 11.8 Å². The zero-order chi connectivity index (χ0) is 22.4. The number of carbonyl (C=O) groups excluding carboxylic acids is 1. The van der Waals surface area contributed by atoms with Crippen molar-refractivity contribution < 1.29 is 13.9 Å². The van der Waals surface area contributed by atoms with E-state index in [-0.39, 0.29) is 47.9 Å². The normalized spacial score (nSPS) is 11.1. The molecule has 0 unspecified atom stereocenters. The van der Waals surface area contributed by atoms with Gasteiger partial charge in [0.2, 0.25) is 5.91 Å². The summed E-state index contributed by atoms with van der Waals surface area (Å²) >= 11 is 6.91. The lowest BCUT2D eigenvalue weighted by Crippen LogP contribution is -2.43. The molecule has 0 bridgehead atoms. The molecule has 3 N–H and O–H groups in total. The number of aromatic amines is 1. The highest BCUT2D eigenvalue weighted by Crippen LogP contribution is 2.25. The van der Waals surface area contributed by atoms with Crippen LogP contribution in [-0.2, 0) is 16.1 Å². The van der Waals surface area contributed by atoms with Gasteiger partial charge in [-0.05, 0) is 24.1 Å². The third kappa shape index (κ3) is 5.87. The van der Waals surface area contributed by atoms with Gasteiger partial charge in [-0.2, -0.15) is 0 Å². The fourth-order valence-electron chi connectivity index (χ4n) is 2.72. The molecule has 30 heavy (non-hydrogen) atoms. The maximum atomic E-state index is 13.3. The van der Waals surface area contributed by atoms with Gasteiger partial charge in [0.05, 0.1) is 17.4 Å². The number of nitrogen functional groups attached to an aromatic ring is 1. The number of H-pyrrole nitrogens is 1. The smallest absolute Gasteiger partial charge is 0.330 e. The van der Waals surface area contributed by atoms with Crippen LogP contribution in [0.3, 0.4) is 0 Å². The Morgan fingerprint density at radius 1 is 1.40 bits per heavy atom. The van der Waals surface area contributed by atoms with Gasteiger partial charge in [0.25, 0.3) is 5.56 Å². The number of benzene rings is 1. The van der Waals surface area contributed by atoms with Crippen LogP contribution in [0, 0.1) is 11.7 Å². The number of nitrogens with two attached hydrogens (primary N) is 1. The maximum Gasteiger partial charge on any atom is 0.330 e. The van der Waals surface area contributed by atoms with Crippen LogP contribution in [0.1, 0.15) is 13.8 Å². The van der Waals surface area contributed by atoms with E-state index in [9.17, 15) is 18.8 Å². The number of anilines is 2. The van der Waals surface area contributed by atoms with Crippen LogP contribution in [0.2, 0.25) is 5.02 Å². The van der Waals surface area contributed by atoms with Gasteiger partial charge in [0, 0.05) is 25.1 Å². The molecule has 1 amide bonds. The first-order chi connectivity index (χ1) is 14.1. The highest BCUT2D eigenvalue weighted by molar-refractivity contribution is 8.00. The average Bonchev–Trinajstić information content (AvgIpc) is 2.68. The van der Waals surface area contributed by atoms with Crippen molar-refractivity contribution in [2.75, 3.05) is 36.6 Å². The SMILES string of the molecule is COCCN(C(=O)CSc1ccc(F)c(Cl)c1)c1c(N)n(CC(C)C)c(=O)[nH]c1=O. The van der Waals surface area contributed by atoms with Crippen molar-refractivity contribution in [3.8, 4) is 0 Å². The van der Waals surface area contributed by atoms with Crippen LogP contribution in [-0.4, -0.2) is 41.5 Å². The second kappa shape index (κ2) is 10.6. The molecule has 164 valence electrons. The number of nitrogens with one attached hydrogen (secondary N) is 1. The summed E-state index contributed by atoms with van der Waals surface area (Å²) in [5.74, 6) is -1.04. The number of aromatic nitrogens is 2. The van der Waals surface area contributed by atoms with Gasteiger partial charge < -0.3 is 15.4 Å². The lowest BCUT2D eigenvalue weighted by molar-refractivity contribution is -0.116. The zero-order valence-corrected chi connectivity index (χ0v) is 18.5. The van der Waals surface area contributed by atoms with Crippen molar-refractivity contribution in [1.29, 1.82) is 0 Å². The van der Waals surface area contributed by atoms with E-state index in [0.29, 0.717) is 4.90 Å². The molecule has 0 saturated carbocycles. The monoisotopic (exact) mass is 458 g/mol. The lowest BCUT2D eigenvalue weighted by Gasteiger charge is -2.24. The van der Waals surface area contributed by atoms with Gasteiger partial charge >= 0.3 is 5.69 Å². The number of thioether (sulfide) groups is 1. The summed E-state index contributed by atoms with van der Waals surface area (Å²) in [4.78, 5) is 41.7. The topological polar surface area (TPSA) is 110 Å². The van der Waals surface area contributed by atoms with Gasteiger partial charge in [-0.1, -0.05) is 25.4 Å². The van der Waals surface area contributed by atoms with E-state index in [1.54, 1.807) is 0 Å². The quantitative estimate of drug-likeness (QED) is 0.558. The molecule has 1 aromatic carbocycles. The van der Waals surface area contributed by atoms with Crippen molar-refractivity contribution >= 4 is 40.8 Å². The van der Waals surface area contributed by atoms with Gasteiger partial charge in [-0.25, -0.2) is 9.18 Å². The van der Waals surface area contributed by atoms with E-state index in [1.807, 2.05) is 13.8 Å². The summed E-state index contributed by atoms with van der Waals surface area (Å²) in [6.45, 7) is 4.29. The number of hydrogen-bond donors (Lipinski definition) is 2. The van der Waals surface area contributed by atoms with Crippen molar-refractivity contribution in [3.05, 3.63) is 49.9 Å². The molecule has 8 nitrogen and oxygen atoms in total. The molecule has 0 radical (unpaired) electrons. The predicted molar refractivity (Wildman–Crippen MR) is 117 cm³/mol. The Morgan fingerprint density at radius 3 is 2.70 bits per heavy atom. The number of halogens is 2. The molecule has 1 aromatic heterocycles. The summed E-state index contributed by atoms with van der Waals surface area (Å²) in [7, 11) is 1.46. The van der Waals surface area contributed by atoms with Crippen molar-refractivity contribution in [3.63, 3.8) is 0 Å². The second-order valence-corrected chi connectivity index (χ2v) is 8.36. The minimum absolute atomic E-state index is 0.0508. The summed E-state index contributed by atoms with van der Waals surface area (Å²) in [5, 5.41) is -0.0508. The van der Waals surface area contributed by atoms with E-state index >= 15 is 0 Å². The molecule has 0 fully saturated rings. The third-order valence-electron chi connectivity index (χ3n) is 4.11. The minimum Gasteiger partial charge on any atom is -0.383 e. The van der Waals surface area contributed by atoms with Crippen LogP contribution >= 0.6 is 23.4 Å². The Balaban J connectivity index is 2.36. The van der Waals surface area contributed by atoms with Crippen LogP contribution in [0.5, 0.6) is 0 Å². The van der Waals surface area contributed by atoms with E-state index in [1.165, 1.54) is 34.8 Å². The molecular formula is C19H24ClFN4O4S. The fourth-order valence-corrected chi connectivity index (χ4v) is 3.77. The molecule has 2 aromatic rings. The maximum absolute atomic E-state index is 13.3. The fraction of sp³-hybridized carbons (Fsp3) is 0.421. The van der Waals surface area contributed by atoms with Crippen LogP contribution in [0.25, 0.3) is 0 Å². The Hall–Kier alpha value is -2.30. The Labute approximate surface area is 182 Å². The van der Waals surface area contributed by atoms with Gasteiger partial charge in [0.1, 0.15) is 11.6 Å². The molecule has 0 atom stereocenters. The van der Waals surface area contributed by atoms with Crippen LogP contribution in [0.4, 0.5) is 15.9 Å². The first kappa shape index (κ1) is 24.0. The predicted octanol–water partition coefficient (Wildman–Crippen LogP) is 2.34. The number of nitrogens with zero attached hydrogens (tertiary/aromatic N) is 2. The number of hydrogen-bond acceptors (Lipinski definition) is 6. The molecule has 0 aliphatic heterocycles. The number of ether oxygens (including phenoxy) is 1. The summed E-state index contributed by atoms with van der Waals surface area (Å²) in [6.07, 6.45) is 0. The Morgan fingerprint density at radius 2 is 2.10 bits per heavy atom. The van der Waals surface area contributed by atoms with Crippen LogP contribution < -0.4 is 21.9 Å². The third-order valence-corrected chi connectivity index (χ3v) is 5.37. The van der Waals surface area contributed by atoms with E-state index in [2.05, 4.69) is 4.98 Å². The largest absolute Gasteiger partial charge is 0.383 e. The van der Waals surface area contributed by atoms with Gasteiger partial charge in [-0.15, -0.1) is 11.8 Å². The van der Waals surface area contributed by atoms with Crippen molar-refractivity contribution in [2.45, 2.75) is 25.3 Å². The minimum atomic E-state index is -0.753. The standard InChI is InChI=1S/C19H24ClFN4O4S/c1-11(2)9-25-17(22)16(18(27)23-19(25)28)24(6-7-29-3)15(26)10-30-12-4-5-14(21)13(20)8-12/h4-5,8,11H,6-7,9-10,22H2,1-3H3,(H,23,27,28). The van der Waals surface area contributed by atoms with E-state index < -0.39 is 23.0 Å². The molecule has 0 aliphatic rings. The van der Waals surface area contributed by atoms with Crippen molar-refractivity contribution in [2.24, 2.45) is 5.92 Å². The van der Waals surface area contributed by atoms with Gasteiger partial charge in [-0.3, -0.25) is 19.1 Å². The van der Waals surface area contributed by atoms with Gasteiger partial charge in [0.15, 0.2) is 5.69 Å². The van der Waals surface area contributed by atoms with Crippen LogP contribution in [0.15, 0.2) is 32.7 Å².